The molecule has 1 fully saturated rings. The van der Waals surface area contributed by atoms with Gasteiger partial charge in [0.15, 0.2) is 0 Å². The standard InChI is InChI=1S/C18H16F2O/c19-15-9-13(10-16(20)12-15)11-17(21)18(7-4-8-18)14-5-2-1-3-6-14/h1-3,5-6,9-10,12H,4,7-8,11H2. The largest absolute Gasteiger partial charge is 0.298 e. The van der Waals surface area contributed by atoms with Crippen LogP contribution >= 0.6 is 0 Å². The van der Waals surface area contributed by atoms with E-state index in [0.29, 0.717) is 5.56 Å². The van der Waals surface area contributed by atoms with E-state index in [9.17, 15) is 13.6 Å². The lowest BCUT2D eigenvalue weighted by Crippen LogP contribution is -2.43. The van der Waals surface area contributed by atoms with Crippen LogP contribution in [0.1, 0.15) is 30.4 Å². The first-order valence-electron chi connectivity index (χ1n) is 7.14. The molecular weight excluding hydrogens is 270 g/mol. The van der Waals surface area contributed by atoms with Crippen molar-refractivity contribution in [2.45, 2.75) is 31.1 Å². The van der Waals surface area contributed by atoms with Crippen LogP contribution in [0, 0.1) is 11.6 Å². The molecule has 0 bridgehead atoms. The van der Waals surface area contributed by atoms with Gasteiger partial charge in [-0.25, -0.2) is 8.78 Å². The third-order valence-corrected chi connectivity index (χ3v) is 4.35. The Kier molecular flexibility index (Phi) is 3.58. The van der Waals surface area contributed by atoms with E-state index in [1.54, 1.807) is 0 Å². The second-order valence-corrected chi connectivity index (χ2v) is 5.68. The van der Waals surface area contributed by atoms with Crippen LogP contribution in [0.4, 0.5) is 8.78 Å². The molecule has 1 nitrogen and oxygen atoms in total. The highest BCUT2D eigenvalue weighted by Crippen LogP contribution is 2.45. The summed E-state index contributed by atoms with van der Waals surface area (Å²) in [6, 6.07) is 13.0. The van der Waals surface area contributed by atoms with Crippen molar-refractivity contribution < 1.29 is 13.6 Å². The summed E-state index contributed by atoms with van der Waals surface area (Å²) in [5.74, 6) is -1.23. The number of hydrogen-bond acceptors (Lipinski definition) is 1. The van der Waals surface area contributed by atoms with E-state index >= 15 is 0 Å². The van der Waals surface area contributed by atoms with Gasteiger partial charge in [-0.05, 0) is 36.1 Å². The van der Waals surface area contributed by atoms with Crippen LogP contribution in [0.25, 0.3) is 0 Å². The maximum Gasteiger partial charge on any atom is 0.147 e. The number of carbonyl (C=O) groups excluding carboxylic acids is 1. The Labute approximate surface area is 122 Å². The lowest BCUT2D eigenvalue weighted by Gasteiger charge is -2.41. The molecule has 1 aliphatic carbocycles. The molecule has 1 aliphatic rings. The Morgan fingerprint density at radius 3 is 2.14 bits per heavy atom. The fraction of sp³-hybridized carbons (Fsp3) is 0.278. The number of rotatable bonds is 4. The molecule has 0 radical (unpaired) electrons. The molecule has 0 aliphatic heterocycles. The van der Waals surface area contributed by atoms with E-state index in [2.05, 4.69) is 0 Å². The second kappa shape index (κ2) is 5.40. The van der Waals surface area contributed by atoms with Crippen LogP contribution in [0.2, 0.25) is 0 Å². The third-order valence-electron chi connectivity index (χ3n) is 4.35. The Morgan fingerprint density at radius 1 is 1.00 bits per heavy atom. The maximum absolute atomic E-state index is 13.2. The van der Waals surface area contributed by atoms with Crippen LogP contribution in [-0.4, -0.2) is 5.78 Å². The molecule has 0 N–H and O–H groups in total. The van der Waals surface area contributed by atoms with Crippen LogP contribution < -0.4 is 0 Å². The molecular formula is C18H16F2O. The zero-order chi connectivity index (χ0) is 14.9. The molecule has 2 aromatic rings. The average Bonchev–Trinajstić information content (AvgIpc) is 2.37. The van der Waals surface area contributed by atoms with Gasteiger partial charge in [0.25, 0.3) is 0 Å². The Bertz CT molecular complexity index is 640. The summed E-state index contributed by atoms with van der Waals surface area (Å²) in [5, 5.41) is 0. The van der Waals surface area contributed by atoms with Gasteiger partial charge in [0.2, 0.25) is 0 Å². The van der Waals surface area contributed by atoms with Gasteiger partial charge in [0.05, 0.1) is 5.41 Å². The summed E-state index contributed by atoms with van der Waals surface area (Å²) in [6.45, 7) is 0. The van der Waals surface area contributed by atoms with Gasteiger partial charge in [0.1, 0.15) is 17.4 Å². The van der Waals surface area contributed by atoms with E-state index in [1.165, 1.54) is 12.1 Å². The van der Waals surface area contributed by atoms with Crippen molar-refractivity contribution >= 4 is 5.78 Å². The van der Waals surface area contributed by atoms with E-state index in [1.807, 2.05) is 30.3 Å². The van der Waals surface area contributed by atoms with Crippen LogP contribution in [0.3, 0.4) is 0 Å². The van der Waals surface area contributed by atoms with E-state index in [0.717, 1.165) is 30.9 Å². The van der Waals surface area contributed by atoms with Gasteiger partial charge >= 0.3 is 0 Å². The van der Waals surface area contributed by atoms with Crippen LogP contribution in [-0.2, 0) is 16.6 Å². The summed E-state index contributed by atoms with van der Waals surface area (Å²) in [6.07, 6.45) is 2.71. The number of hydrogen-bond donors (Lipinski definition) is 0. The normalized spacial score (nSPS) is 16.3. The SMILES string of the molecule is O=C(Cc1cc(F)cc(F)c1)C1(c2ccccc2)CCC1. The van der Waals surface area contributed by atoms with Crippen LogP contribution in [0.5, 0.6) is 0 Å². The first kappa shape index (κ1) is 13.9. The summed E-state index contributed by atoms with van der Waals surface area (Å²) in [5.41, 5.74) is 0.946. The zero-order valence-electron chi connectivity index (χ0n) is 11.6. The smallest absolute Gasteiger partial charge is 0.147 e. The Balaban J connectivity index is 1.87. The number of carbonyl (C=O) groups is 1. The molecule has 3 rings (SSSR count). The summed E-state index contributed by atoms with van der Waals surface area (Å²) in [4.78, 5) is 12.7. The minimum absolute atomic E-state index is 0.0463. The first-order valence-corrected chi connectivity index (χ1v) is 7.14. The number of Topliss-reactive ketones (excluding diaryl/α,β-unsaturated/α-hetero) is 1. The van der Waals surface area contributed by atoms with Crippen molar-refractivity contribution in [1.82, 2.24) is 0 Å². The minimum Gasteiger partial charge on any atom is -0.298 e. The van der Waals surface area contributed by atoms with Crippen molar-refractivity contribution in [3.63, 3.8) is 0 Å². The quantitative estimate of drug-likeness (QED) is 0.823. The highest BCUT2D eigenvalue weighted by atomic mass is 19.1. The highest BCUT2D eigenvalue weighted by Gasteiger charge is 2.44. The third kappa shape index (κ3) is 2.60. The average molecular weight is 286 g/mol. The maximum atomic E-state index is 13.2. The molecule has 21 heavy (non-hydrogen) atoms. The second-order valence-electron chi connectivity index (χ2n) is 5.68. The van der Waals surface area contributed by atoms with Crippen molar-refractivity contribution in [3.8, 4) is 0 Å². The van der Waals surface area contributed by atoms with Gasteiger partial charge in [-0.1, -0.05) is 36.8 Å². The lowest BCUT2D eigenvalue weighted by molar-refractivity contribution is -0.127. The minimum atomic E-state index is -0.639. The molecule has 3 heteroatoms. The molecule has 0 aromatic heterocycles. The molecule has 0 heterocycles. The van der Waals surface area contributed by atoms with Gasteiger partial charge in [-0.3, -0.25) is 4.79 Å². The molecule has 108 valence electrons. The molecule has 0 atom stereocenters. The van der Waals surface area contributed by atoms with Crippen molar-refractivity contribution in [2.24, 2.45) is 0 Å². The fourth-order valence-electron chi connectivity index (χ4n) is 3.08. The zero-order valence-corrected chi connectivity index (χ0v) is 11.6. The summed E-state index contributed by atoms with van der Waals surface area (Å²) >= 11 is 0. The van der Waals surface area contributed by atoms with Gasteiger partial charge < -0.3 is 0 Å². The van der Waals surface area contributed by atoms with Crippen molar-refractivity contribution in [3.05, 3.63) is 71.3 Å². The van der Waals surface area contributed by atoms with Gasteiger partial charge in [0, 0.05) is 12.5 Å². The van der Waals surface area contributed by atoms with Crippen molar-refractivity contribution in [2.75, 3.05) is 0 Å². The Morgan fingerprint density at radius 2 is 1.62 bits per heavy atom. The molecule has 2 aromatic carbocycles. The molecule has 0 amide bonds. The number of benzene rings is 2. The van der Waals surface area contributed by atoms with Gasteiger partial charge in [-0.15, -0.1) is 0 Å². The van der Waals surface area contributed by atoms with Crippen molar-refractivity contribution in [1.29, 1.82) is 0 Å². The van der Waals surface area contributed by atoms with E-state index in [4.69, 9.17) is 0 Å². The number of ketones is 1. The molecule has 0 unspecified atom stereocenters. The predicted molar refractivity (Wildman–Crippen MR) is 77.0 cm³/mol. The first-order chi connectivity index (χ1) is 10.1. The number of halogens is 2. The topological polar surface area (TPSA) is 17.1 Å². The fourth-order valence-corrected chi connectivity index (χ4v) is 3.08. The highest BCUT2D eigenvalue weighted by molar-refractivity contribution is 5.92. The van der Waals surface area contributed by atoms with Crippen LogP contribution in [0.15, 0.2) is 48.5 Å². The summed E-state index contributed by atoms with van der Waals surface area (Å²) < 4.78 is 26.5. The summed E-state index contributed by atoms with van der Waals surface area (Å²) in [7, 11) is 0. The lowest BCUT2D eigenvalue weighted by atomic mass is 9.61. The predicted octanol–water partition coefficient (Wildman–Crippen LogP) is 4.20. The molecule has 1 saturated carbocycles. The molecule has 0 spiro atoms. The van der Waals surface area contributed by atoms with E-state index < -0.39 is 17.0 Å². The Hall–Kier alpha value is -2.03. The van der Waals surface area contributed by atoms with E-state index in [-0.39, 0.29) is 12.2 Å². The van der Waals surface area contributed by atoms with Gasteiger partial charge in [-0.2, -0.15) is 0 Å². The molecule has 0 saturated heterocycles. The monoisotopic (exact) mass is 286 g/mol.